The zero-order valence-corrected chi connectivity index (χ0v) is 17.1. The largest absolute Gasteiger partial charge is 0.472 e. The fourth-order valence-corrected chi connectivity index (χ4v) is 6.93. The predicted octanol–water partition coefficient (Wildman–Crippen LogP) is 2.60. The average Bonchev–Trinajstić information content (AvgIpc) is 3.44. The minimum Gasteiger partial charge on any atom is -0.472 e. The van der Waals surface area contributed by atoms with Gasteiger partial charge < -0.3 is 9.32 Å². The zero-order chi connectivity index (χ0) is 20.0. The zero-order valence-electron chi connectivity index (χ0n) is 16.3. The van der Waals surface area contributed by atoms with Crippen LogP contribution in [0.2, 0.25) is 0 Å². The quantitative estimate of drug-likeness (QED) is 0.772. The van der Waals surface area contributed by atoms with Crippen LogP contribution in [0.1, 0.15) is 34.8 Å². The van der Waals surface area contributed by atoms with Crippen LogP contribution in [0, 0.1) is 11.8 Å². The van der Waals surface area contributed by atoms with Gasteiger partial charge in [0.15, 0.2) is 0 Å². The van der Waals surface area contributed by atoms with Gasteiger partial charge in [-0.2, -0.15) is 0 Å². The van der Waals surface area contributed by atoms with E-state index in [0.29, 0.717) is 34.9 Å². The number of fused-ring (bicyclic) bond motifs is 1. The Morgan fingerprint density at radius 3 is 2.45 bits per heavy atom. The molecule has 3 fully saturated rings. The van der Waals surface area contributed by atoms with E-state index in [1.54, 1.807) is 12.3 Å². The van der Waals surface area contributed by atoms with E-state index < -0.39 is 9.84 Å². The lowest BCUT2D eigenvalue weighted by atomic mass is 9.89. The Labute approximate surface area is 171 Å². The number of hydrogen-bond acceptors (Lipinski definition) is 5. The average molecular weight is 415 g/mol. The number of likely N-dealkylation sites (tertiary alicyclic amines) is 2. The first-order valence-electron chi connectivity index (χ1n) is 10.3. The van der Waals surface area contributed by atoms with Crippen molar-refractivity contribution < 1.29 is 17.6 Å². The summed E-state index contributed by atoms with van der Waals surface area (Å²) in [6.07, 6.45) is 4.53. The van der Waals surface area contributed by atoms with Gasteiger partial charge in [-0.1, -0.05) is 30.3 Å². The van der Waals surface area contributed by atoms with Gasteiger partial charge in [-0.15, -0.1) is 0 Å². The van der Waals surface area contributed by atoms with Gasteiger partial charge in [-0.25, -0.2) is 8.42 Å². The van der Waals surface area contributed by atoms with Crippen LogP contribution in [0.15, 0.2) is 53.3 Å². The molecule has 5 rings (SSSR count). The van der Waals surface area contributed by atoms with Gasteiger partial charge in [-0.05, 0) is 30.4 Å². The van der Waals surface area contributed by atoms with E-state index >= 15 is 0 Å². The molecule has 2 aromatic rings. The Morgan fingerprint density at radius 2 is 1.76 bits per heavy atom. The van der Waals surface area contributed by atoms with E-state index in [0.717, 1.165) is 32.5 Å². The molecule has 6 nitrogen and oxygen atoms in total. The Kier molecular flexibility index (Phi) is 4.75. The second-order valence-corrected chi connectivity index (χ2v) is 10.9. The number of sulfone groups is 1. The molecule has 0 unspecified atom stereocenters. The summed E-state index contributed by atoms with van der Waals surface area (Å²) in [7, 11) is -2.85. The third kappa shape index (κ3) is 3.51. The number of amides is 1. The fraction of sp³-hybridized carbons (Fsp3) is 0.500. The Hall–Kier alpha value is -2.12. The van der Waals surface area contributed by atoms with Crippen molar-refractivity contribution in [2.75, 3.05) is 31.1 Å². The molecule has 1 amide bonds. The summed E-state index contributed by atoms with van der Waals surface area (Å²) in [6.45, 7) is 2.59. The molecular weight excluding hydrogens is 388 g/mol. The van der Waals surface area contributed by atoms with Gasteiger partial charge in [-0.3, -0.25) is 9.69 Å². The third-order valence-electron chi connectivity index (χ3n) is 6.90. The standard InChI is InChI=1S/C22H26N2O4S/c25-22(17-6-9-28-15-17)24-13-18-12-23(19-7-10-29(26,27)11-8-19)14-20(18)21(24)16-4-2-1-3-5-16/h1-6,9,15,18-21H,7-8,10-14H2/t18-,20-,21-/m0/s1. The molecule has 0 saturated carbocycles. The summed E-state index contributed by atoms with van der Waals surface area (Å²) >= 11 is 0. The number of rotatable bonds is 3. The molecule has 4 heterocycles. The van der Waals surface area contributed by atoms with Crippen LogP contribution in [0.3, 0.4) is 0 Å². The molecule has 0 aliphatic carbocycles. The topological polar surface area (TPSA) is 70.8 Å². The molecule has 0 spiro atoms. The first-order valence-corrected chi connectivity index (χ1v) is 12.2. The van der Waals surface area contributed by atoms with Crippen molar-refractivity contribution in [3.63, 3.8) is 0 Å². The van der Waals surface area contributed by atoms with Crippen LogP contribution in [0.5, 0.6) is 0 Å². The lowest BCUT2D eigenvalue weighted by Gasteiger charge is -2.34. The van der Waals surface area contributed by atoms with Crippen molar-refractivity contribution in [2.45, 2.75) is 24.9 Å². The van der Waals surface area contributed by atoms with Crippen molar-refractivity contribution in [3.05, 3.63) is 60.1 Å². The fourth-order valence-electron chi connectivity index (χ4n) is 5.46. The molecule has 3 atom stereocenters. The first-order chi connectivity index (χ1) is 14.0. The summed E-state index contributed by atoms with van der Waals surface area (Å²) in [5, 5.41) is 0. The normalized spacial score (nSPS) is 29.8. The van der Waals surface area contributed by atoms with E-state index in [-0.39, 0.29) is 11.9 Å². The molecule has 7 heteroatoms. The molecule has 29 heavy (non-hydrogen) atoms. The van der Waals surface area contributed by atoms with Crippen molar-refractivity contribution >= 4 is 15.7 Å². The number of carbonyl (C=O) groups excluding carboxylic acids is 1. The highest BCUT2D eigenvalue weighted by atomic mass is 32.2. The van der Waals surface area contributed by atoms with Gasteiger partial charge in [0.25, 0.3) is 5.91 Å². The van der Waals surface area contributed by atoms with Gasteiger partial charge >= 0.3 is 0 Å². The van der Waals surface area contributed by atoms with Crippen LogP contribution < -0.4 is 0 Å². The Bertz CT molecular complexity index is 960. The number of hydrogen-bond donors (Lipinski definition) is 0. The maximum atomic E-state index is 13.2. The van der Waals surface area contributed by atoms with Crippen molar-refractivity contribution in [1.29, 1.82) is 0 Å². The second kappa shape index (κ2) is 7.29. The van der Waals surface area contributed by atoms with Crippen LogP contribution in [0.25, 0.3) is 0 Å². The monoisotopic (exact) mass is 414 g/mol. The SMILES string of the molecule is O=C(c1ccoc1)N1C[C@@H]2CN(C3CCS(=O)(=O)CC3)C[C@@H]2[C@@H]1c1ccccc1. The molecule has 0 N–H and O–H groups in total. The van der Waals surface area contributed by atoms with Gasteiger partial charge in [0, 0.05) is 31.6 Å². The summed E-state index contributed by atoms with van der Waals surface area (Å²) < 4.78 is 28.7. The van der Waals surface area contributed by atoms with Crippen LogP contribution in [-0.4, -0.2) is 61.3 Å². The van der Waals surface area contributed by atoms with Gasteiger partial charge in [0.1, 0.15) is 16.1 Å². The summed E-state index contributed by atoms with van der Waals surface area (Å²) in [5.74, 6) is 1.41. The van der Waals surface area contributed by atoms with E-state index in [4.69, 9.17) is 4.42 Å². The highest BCUT2D eigenvalue weighted by Crippen LogP contribution is 2.46. The first kappa shape index (κ1) is 18.9. The van der Waals surface area contributed by atoms with Crippen molar-refractivity contribution in [1.82, 2.24) is 9.80 Å². The second-order valence-electron chi connectivity index (χ2n) is 8.59. The summed E-state index contributed by atoms with van der Waals surface area (Å²) in [5.41, 5.74) is 1.77. The van der Waals surface area contributed by atoms with Crippen LogP contribution in [0.4, 0.5) is 0 Å². The number of benzene rings is 1. The maximum absolute atomic E-state index is 13.2. The summed E-state index contributed by atoms with van der Waals surface area (Å²) in [6, 6.07) is 12.4. The smallest absolute Gasteiger partial charge is 0.257 e. The Morgan fingerprint density at radius 1 is 1.00 bits per heavy atom. The van der Waals surface area contributed by atoms with Gasteiger partial charge in [0.05, 0.1) is 29.4 Å². The summed E-state index contributed by atoms with van der Waals surface area (Å²) in [4.78, 5) is 17.7. The minimum atomic E-state index is -2.85. The van der Waals surface area contributed by atoms with Crippen molar-refractivity contribution in [3.8, 4) is 0 Å². The molecule has 3 saturated heterocycles. The van der Waals surface area contributed by atoms with E-state index in [2.05, 4.69) is 17.0 Å². The lowest BCUT2D eigenvalue weighted by Crippen LogP contribution is -2.42. The maximum Gasteiger partial charge on any atom is 0.257 e. The number of furan rings is 1. The van der Waals surface area contributed by atoms with Crippen LogP contribution in [-0.2, 0) is 9.84 Å². The number of nitrogens with zero attached hydrogens (tertiary/aromatic N) is 2. The predicted molar refractivity (Wildman–Crippen MR) is 109 cm³/mol. The molecule has 1 aromatic heterocycles. The molecular formula is C22H26N2O4S. The molecule has 0 bridgehead atoms. The minimum absolute atomic E-state index is 0.0253. The molecule has 0 radical (unpaired) electrons. The molecule has 1 aromatic carbocycles. The van der Waals surface area contributed by atoms with Crippen molar-refractivity contribution in [2.24, 2.45) is 11.8 Å². The third-order valence-corrected chi connectivity index (χ3v) is 8.62. The highest BCUT2D eigenvalue weighted by Gasteiger charge is 2.50. The van der Waals surface area contributed by atoms with E-state index in [1.165, 1.54) is 11.8 Å². The van der Waals surface area contributed by atoms with E-state index in [1.807, 2.05) is 23.1 Å². The van der Waals surface area contributed by atoms with Gasteiger partial charge in [0.2, 0.25) is 0 Å². The Balaban J connectivity index is 1.38. The van der Waals surface area contributed by atoms with Crippen LogP contribution >= 0.6 is 0 Å². The molecule has 154 valence electrons. The lowest BCUT2D eigenvalue weighted by molar-refractivity contribution is 0.0690. The molecule has 3 aliphatic heterocycles. The van der Waals surface area contributed by atoms with E-state index in [9.17, 15) is 13.2 Å². The number of carbonyl (C=O) groups is 1. The highest BCUT2D eigenvalue weighted by molar-refractivity contribution is 7.91. The molecule has 3 aliphatic rings.